The molecular weight excluding hydrogens is 174 g/mol. The minimum Gasteiger partial charge on any atom is -0.478 e. The van der Waals surface area contributed by atoms with Gasteiger partial charge in [-0.15, -0.1) is 0 Å². The molecule has 2 heteroatoms. The third-order valence-corrected chi connectivity index (χ3v) is 2.14. The fourth-order valence-electron chi connectivity index (χ4n) is 1.31. The topological polar surface area (TPSA) is 12.5 Å². The maximum atomic E-state index is 5.64. The Kier molecular flexibility index (Phi) is 5.08. The third-order valence-electron chi connectivity index (χ3n) is 2.14. The molecule has 0 saturated heterocycles. The predicted octanol–water partition coefficient (Wildman–Crippen LogP) is 2.75. The van der Waals surface area contributed by atoms with Crippen LogP contribution >= 0.6 is 0 Å². The summed E-state index contributed by atoms with van der Waals surface area (Å²) in [5.74, 6) is 0.946. The van der Waals surface area contributed by atoms with E-state index in [-0.39, 0.29) is 0 Å². The van der Waals surface area contributed by atoms with Crippen LogP contribution in [-0.2, 0) is 0 Å². The summed E-state index contributed by atoms with van der Waals surface area (Å²) >= 11 is 0. The second-order valence-corrected chi connectivity index (χ2v) is 3.30. The van der Waals surface area contributed by atoms with E-state index in [1.807, 2.05) is 30.3 Å². The van der Waals surface area contributed by atoms with E-state index in [9.17, 15) is 0 Å². The van der Waals surface area contributed by atoms with Gasteiger partial charge in [0.25, 0.3) is 0 Å². The number of hydrogen-bond donors (Lipinski definition) is 0. The Hall–Kier alpha value is -1.02. The summed E-state index contributed by atoms with van der Waals surface area (Å²) in [6, 6.07) is 9.95. The second-order valence-electron chi connectivity index (χ2n) is 3.30. The van der Waals surface area contributed by atoms with Crippen molar-refractivity contribution < 1.29 is 4.74 Å². The van der Waals surface area contributed by atoms with Crippen molar-refractivity contribution in [3.63, 3.8) is 0 Å². The van der Waals surface area contributed by atoms with E-state index in [2.05, 4.69) is 18.7 Å². The summed E-state index contributed by atoms with van der Waals surface area (Å²) in [5.41, 5.74) is 0. The van der Waals surface area contributed by atoms with Crippen molar-refractivity contribution >= 4 is 0 Å². The van der Waals surface area contributed by atoms with Crippen LogP contribution in [-0.4, -0.2) is 24.7 Å². The molecule has 1 aromatic rings. The lowest BCUT2D eigenvalue weighted by atomic mass is 10.3. The highest BCUT2D eigenvalue weighted by molar-refractivity contribution is 5.20. The van der Waals surface area contributed by atoms with Gasteiger partial charge in [0.1, 0.15) is 12.5 Å². The molecule has 78 valence electrons. The van der Waals surface area contributed by atoms with Gasteiger partial charge in [-0.3, -0.25) is 4.90 Å². The summed E-state index contributed by atoms with van der Waals surface area (Å²) in [5, 5.41) is 0. The van der Waals surface area contributed by atoms with E-state index in [1.54, 1.807) is 0 Å². The van der Waals surface area contributed by atoms with Gasteiger partial charge in [0.2, 0.25) is 0 Å². The predicted molar refractivity (Wildman–Crippen MR) is 59.5 cm³/mol. The maximum absolute atomic E-state index is 5.64. The quantitative estimate of drug-likeness (QED) is 0.644. The van der Waals surface area contributed by atoms with Gasteiger partial charge >= 0.3 is 0 Å². The number of ether oxygens (including phenoxy) is 1. The summed E-state index contributed by atoms with van der Waals surface area (Å²) in [7, 11) is 0. The normalized spacial score (nSPS) is 10.5. The van der Waals surface area contributed by atoms with Crippen LogP contribution in [0.15, 0.2) is 30.3 Å². The molecule has 0 aliphatic carbocycles. The molecule has 0 heterocycles. The van der Waals surface area contributed by atoms with Gasteiger partial charge in [0.15, 0.2) is 0 Å². The molecule has 14 heavy (non-hydrogen) atoms. The number of rotatable bonds is 6. The van der Waals surface area contributed by atoms with Gasteiger partial charge in [-0.25, -0.2) is 0 Å². The van der Waals surface area contributed by atoms with Crippen molar-refractivity contribution in [1.82, 2.24) is 4.90 Å². The lowest BCUT2D eigenvalue weighted by molar-refractivity contribution is 0.132. The highest BCUT2D eigenvalue weighted by atomic mass is 16.5. The average Bonchev–Trinajstić information content (AvgIpc) is 2.25. The van der Waals surface area contributed by atoms with Crippen LogP contribution < -0.4 is 4.74 Å². The van der Waals surface area contributed by atoms with Crippen LogP contribution in [0.5, 0.6) is 5.75 Å². The maximum Gasteiger partial charge on any atom is 0.142 e. The van der Waals surface area contributed by atoms with Gasteiger partial charge < -0.3 is 4.74 Å². The van der Waals surface area contributed by atoms with Crippen molar-refractivity contribution in [2.75, 3.05) is 19.8 Å². The van der Waals surface area contributed by atoms with Crippen LogP contribution in [0.25, 0.3) is 0 Å². The standard InChI is InChI=1S/C12H19NO/c1-3-10-13(4-2)11-14-12-8-6-5-7-9-12/h5-9H,3-4,10-11H2,1-2H3. The van der Waals surface area contributed by atoms with Gasteiger partial charge in [-0.05, 0) is 25.1 Å². The molecule has 0 aliphatic rings. The minimum atomic E-state index is 0.689. The zero-order valence-electron chi connectivity index (χ0n) is 9.07. The molecule has 0 atom stereocenters. The van der Waals surface area contributed by atoms with Crippen molar-refractivity contribution in [3.8, 4) is 5.75 Å². The van der Waals surface area contributed by atoms with Crippen LogP contribution in [0.4, 0.5) is 0 Å². The molecule has 0 aromatic heterocycles. The first kappa shape index (κ1) is 11.1. The van der Waals surface area contributed by atoms with Gasteiger partial charge in [0, 0.05) is 6.54 Å². The van der Waals surface area contributed by atoms with Crippen LogP contribution in [0.2, 0.25) is 0 Å². The van der Waals surface area contributed by atoms with E-state index < -0.39 is 0 Å². The molecule has 2 nitrogen and oxygen atoms in total. The first-order valence-corrected chi connectivity index (χ1v) is 5.27. The Morgan fingerprint density at radius 2 is 1.86 bits per heavy atom. The fourth-order valence-corrected chi connectivity index (χ4v) is 1.31. The summed E-state index contributed by atoms with van der Waals surface area (Å²) in [6.07, 6.45) is 1.17. The van der Waals surface area contributed by atoms with Gasteiger partial charge in [0.05, 0.1) is 0 Å². The van der Waals surface area contributed by atoms with E-state index in [0.29, 0.717) is 6.73 Å². The lowest BCUT2D eigenvalue weighted by Gasteiger charge is -2.19. The molecule has 0 N–H and O–H groups in total. The average molecular weight is 193 g/mol. The molecule has 0 aliphatic heterocycles. The highest BCUT2D eigenvalue weighted by Crippen LogP contribution is 2.08. The monoisotopic (exact) mass is 193 g/mol. The molecule has 1 aromatic carbocycles. The second kappa shape index (κ2) is 6.44. The van der Waals surface area contributed by atoms with Gasteiger partial charge in [-0.2, -0.15) is 0 Å². The molecule has 0 unspecified atom stereocenters. The van der Waals surface area contributed by atoms with E-state index in [0.717, 1.165) is 18.8 Å². The molecule has 0 bridgehead atoms. The highest BCUT2D eigenvalue weighted by Gasteiger charge is 2.00. The molecular formula is C12H19NO. The lowest BCUT2D eigenvalue weighted by Crippen LogP contribution is -2.28. The van der Waals surface area contributed by atoms with Crippen molar-refractivity contribution in [2.24, 2.45) is 0 Å². The first-order valence-electron chi connectivity index (χ1n) is 5.27. The van der Waals surface area contributed by atoms with Crippen LogP contribution in [0.1, 0.15) is 20.3 Å². The smallest absolute Gasteiger partial charge is 0.142 e. The molecule has 0 saturated carbocycles. The van der Waals surface area contributed by atoms with E-state index in [1.165, 1.54) is 6.42 Å². The first-order chi connectivity index (χ1) is 6.86. The van der Waals surface area contributed by atoms with Crippen molar-refractivity contribution in [2.45, 2.75) is 20.3 Å². The van der Waals surface area contributed by atoms with E-state index >= 15 is 0 Å². The molecule has 0 fully saturated rings. The Bertz CT molecular complexity index is 235. The molecule has 0 spiro atoms. The van der Waals surface area contributed by atoms with Crippen LogP contribution in [0.3, 0.4) is 0 Å². The van der Waals surface area contributed by atoms with E-state index in [4.69, 9.17) is 4.74 Å². The summed E-state index contributed by atoms with van der Waals surface area (Å²) < 4.78 is 5.64. The molecule has 0 amide bonds. The number of benzene rings is 1. The summed E-state index contributed by atoms with van der Waals surface area (Å²) in [4.78, 5) is 2.28. The molecule has 1 rings (SSSR count). The largest absolute Gasteiger partial charge is 0.478 e. The zero-order chi connectivity index (χ0) is 10.2. The minimum absolute atomic E-state index is 0.689. The fraction of sp³-hybridized carbons (Fsp3) is 0.500. The molecule has 0 radical (unpaired) electrons. The number of para-hydroxylation sites is 1. The Balaban J connectivity index is 2.32. The zero-order valence-corrected chi connectivity index (χ0v) is 9.07. The Morgan fingerprint density at radius 1 is 1.14 bits per heavy atom. The Labute approximate surface area is 86.5 Å². The van der Waals surface area contributed by atoms with Gasteiger partial charge in [-0.1, -0.05) is 32.0 Å². The number of hydrogen-bond acceptors (Lipinski definition) is 2. The van der Waals surface area contributed by atoms with Crippen molar-refractivity contribution in [1.29, 1.82) is 0 Å². The van der Waals surface area contributed by atoms with Crippen molar-refractivity contribution in [3.05, 3.63) is 30.3 Å². The SMILES string of the molecule is CCCN(CC)COc1ccccc1. The summed E-state index contributed by atoms with van der Waals surface area (Å²) in [6.45, 7) is 7.17. The third kappa shape index (κ3) is 3.79. The van der Waals surface area contributed by atoms with Crippen LogP contribution in [0, 0.1) is 0 Å². The Morgan fingerprint density at radius 3 is 2.43 bits per heavy atom. The number of nitrogens with zero attached hydrogens (tertiary/aromatic N) is 1.